The molecule has 0 aromatic heterocycles. The van der Waals surface area contributed by atoms with Crippen LogP contribution in [0.5, 0.6) is 5.75 Å². The van der Waals surface area contributed by atoms with Crippen molar-refractivity contribution in [2.45, 2.75) is 11.3 Å². The standard InChI is InChI=1S/C13H12OS.Na.H/c14-12-5-1-10(2-6-12)9-11-3-7-13(15)8-4-11;;/h1-8,14-15H,9H2;;. The van der Waals surface area contributed by atoms with Crippen LogP contribution in [0.15, 0.2) is 53.4 Å². The molecule has 1 N–H and O–H groups in total. The van der Waals surface area contributed by atoms with Crippen LogP contribution in [-0.2, 0) is 6.42 Å². The summed E-state index contributed by atoms with van der Waals surface area (Å²) in [6.07, 6.45) is 0.883. The molecule has 0 amide bonds. The van der Waals surface area contributed by atoms with E-state index in [1.165, 1.54) is 11.1 Å². The summed E-state index contributed by atoms with van der Waals surface area (Å²) in [5, 5.41) is 9.15. The van der Waals surface area contributed by atoms with Crippen LogP contribution in [0, 0.1) is 0 Å². The van der Waals surface area contributed by atoms with E-state index in [0.717, 1.165) is 11.3 Å². The SMILES string of the molecule is Oc1ccc(Cc2ccc(S)cc2)cc1.[NaH]. The third-order valence-electron chi connectivity index (χ3n) is 2.28. The summed E-state index contributed by atoms with van der Waals surface area (Å²) >= 11 is 4.24. The fourth-order valence-corrected chi connectivity index (χ4v) is 1.61. The van der Waals surface area contributed by atoms with Gasteiger partial charge in [-0.05, 0) is 41.8 Å². The quantitative estimate of drug-likeness (QED) is 0.611. The van der Waals surface area contributed by atoms with E-state index in [2.05, 4.69) is 24.8 Å². The molecule has 0 unspecified atom stereocenters. The van der Waals surface area contributed by atoms with Crippen molar-refractivity contribution in [3.8, 4) is 5.75 Å². The van der Waals surface area contributed by atoms with Gasteiger partial charge < -0.3 is 5.11 Å². The first kappa shape index (κ1) is 13.7. The molecule has 0 fully saturated rings. The van der Waals surface area contributed by atoms with Gasteiger partial charge in [-0.1, -0.05) is 24.3 Å². The molecule has 0 aliphatic heterocycles. The van der Waals surface area contributed by atoms with Gasteiger partial charge in [0.15, 0.2) is 0 Å². The molecule has 78 valence electrons. The Morgan fingerprint density at radius 1 is 0.812 bits per heavy atom. The number of phenols is 1. The number of aromatic hydroxyl groups is 1. The number of hydrogen-bond donors (Lipinski definition) is 2. The Balaban J connectivity index is 0.00000128. The van der Waals surface area contributed by atoms with Crippen LogP contribution < -0.4 is 0 Å². The second-order valence-electron chi connectivity index (χ2n) is 3.51. The van der Waals surface area contributed by atoms with Crippen LogP contribution in [0.2, 0.25) is 0 Å². The first-order valence-electron chi connectivity index (χ1n) is 4.80. The van der Waals surface area contributed by atoms with Gasteiger partial charge in [0, 0.05) is 4.90 Å². The number of rotatable bonds is 2. The first-order chi connectivity index (χ1) is 7.24. The number of hydrogen-bond acceptors (Lipinski definition) is 2. The first-order valence-corrected chi connectivity index (χ1v) is 5.24. The molecular formula is C13H13NaOS. The van der Waals surface area contributed by atoms with Crippen molar-refractivity contribution in [3.05, 3.63) is 59.7 Å². The van der Waals surface area contributed by atoms with E-state index in [9.17, 15) is 0 Å². The summed E-state index contributed by atoms with van der Waals surface area (Å²) in [6, 6.07) is 15.4. The predicted octanol–water partition coefficient (Wildman–Crippen LogP) is 2.62. The summed E-state index contributed by atoms with van der Waals surface area (Å²) in [7, 11) is 0. The normalized spacial score (nSPS) is 9.56. The minimum atomic E-state index is 0. The van der Waals surface area contributed by atoms with Crippen molar-refractivity contribution in [1.29, 1.82) is 0 Å². The van der Waals surface area contributed by atoms with E-state index in [-0.39, 0.29) is 29.6 Å². The Kier molecular flexibility index (Phi) is 5.42. The van der Waals surface area contributed by atoms with E-state index < -0.39 is 0 Å². The van der Waals surface area contributed by atoms with Crippen LogP contribution in [0.4, 0.5) is 0 Å². The number of benzene rings is 2. The van der Waals surface area contributed by atoms with E-state index in [1.54, 1.807) is 12.1 Å². The molecule has 0 atom stereocenters. The molecule has 3 heteroatoms. The maximum absolute atomic E-state index is 9.15. The maximum atomic E-state index is 9.15. The van der Waals surface area contributed by atoms with Gasteiger partial charge >= 0.3 is 29.6 Å². The Morgan fingerprint density at radius 3 is 1.75 bits per heavy atom. The molecule has 0 aliphatic rings. The van der Waals surface area contributed by atoms with Gasteiger partial charge in [-0.2, -0.15) is 0 Å². The van der Waals surface area contributed by atoms with Gasteiger partial charge in [-0.3, -0.25) is 0 Å². The molecule has 2 aromatic carbocycles. The molecule has 0 aliphatic carbocycles. The molecule has 2 aromatic rings. The molecule has 0 heterocycles. The van der Waals surface area contributed by atoms with Crippen molar-refractivity contribution < 1.29 is 5.11 Å². The molecular weight excluding hydrogens is 227 g/mol. The van der Waals surface area contributed by atoms with Gasteiger partial charge in [0.2, 0.25) is 0 Å². The zero-order valence-corrected chi connectivity index (χ0v) is 9.11. The molecule has 0 saturated heterocycles. The molecule has 2 rings (SSSR count). The second kappa shape index (κ2) is 6.36. The number of thiol groups is 1. The van der Waals surface area contributed by atoms with Gasteiger partial charge in [0.05, 0.1) is 0 Å². The third kappa shape index (κ3) is 3.87. The Hall–Kier alpha value is -0.410. The Labute approximate surface area is 123 Å². The molecule has 16 heavy (non-hydrogen) atoms. The van der Waals surface area contributed by atoms with E-state index >= 15 is 0 Å². The zero-order chi connectivity index (χ0) is 10.7. The summed E-state index contributed by atoms with van der Waals surface area (Å²) in [6.45, 7) is 0. The molecule has 0 saturated carbocycles. The average molecular weight is 240 g/mol. The minimum absolute atomic E-state index is 0. The van der Waals surface area contributed by atoms with Crippen LogP contribution >= 0.6 is 12.6 Å². The predicted molar refractivity (Wildman–Crippen MR) is 71.8 cm³/mol. The Bertz CT molecular complexity index is 393. The zero-order valence-electron chi connectivity index (χ0n) is 8.22. The van der Waals surface area contributed by atoms with Gasteiger partial charge in [0.1, 0.15) is 5.75 Å². The fourth-order valence-electron chi connectivity index (χ4n) is 1.46. The van der Waals surface area contributed by atoms with Gasteiger partial charge in [-0.15, -0.1) is 12.6 Å². The average Bonchev–Trinajstić information content (AvgIpc) is 2.25. The van der Waals surface area contributed by atoms with Crippen LogP contribution in [-0.4, -0.2) is 34.7 Å². The molecule has 0 spiro atoms. The third-order valence-corrected chi connectivity index (χ3v) is 2.58. The molecule has 0 radical (unpaired) electrons. The Morgan fingerprint density at radius 2 is 1.25 bits per heavy atom. The molecule has 1 nitrogen and oxygen atoms in total. The topological polar surface area (TPSA) is 20.2 Å². The number of phenolic OH excluding ortho intramolecular Hbond substituents is 1. The van der Waals surface area contributed by atoms with Crippen molar-refractivity contribution in [2.24, 2.45) is 0 Å². The van der Waals surface area contributed by atoms with E-state index in [1.807, 2.05) is 24.3 Å². The fraction of sp³-hybridized carbons (Fsp3) is 0.0769. The summed E-state index contributed by atoms with van der Waals surface area (Å²) < 4.78 is 0. The van der Waals surface area contributed by atoms with Crippen molar-refractivity contribution in [1.82, 2.24) is 0 Å². The van der Waals surface area contributed by atoms with Gasteiger partial charge in [0.25, 0.3) is 0 Å². The summed E-state index contributed by atoms with van der Waals surface area (Å²) in [5.41, 5.74) is 2.44. The van der Waals surface area contributed by atoms with Crippen molar-refractivity contribution in [2.75, 3.05) is 0 Å². The summed E-state index contributed by atoms with van der Waals surface area (Å²) in [5.74, 6) is 0.310. The van der Waals surface area contributed by atoms with Crippen molar-refractivity contribution >= 4 is 42.2 Å². The van der Waals surface area contributed by atoms with Gasteiger partial charge in [-0.25, -0.2) is 0 Å². The van der Waals surface area contributed by atoms with Crippen LogP contribution in [0.3, 0.4) is 0 Å². The summed E-state index contributed by atoms with van der Waals surface area (Å²) in [4.78, 5) is 0.976. The van der Waals surface area contributed by atoms with E-state index in [4.69, 9.17) is 5.11 Å². The second-order valence-corrected chi connectivity index (χ2v) is 4.03. The molecule has 0 bridgehead atoms. The monoisotopic (exact) mass is 240 g/mol. The van der Waals surface area contributed by atoms with Crippen molar-refractivity contribution in [3.63, 3.8) is 0 Å². The van der Waals surface area contributed by atoms with Crippen LogP contribution in [0.25, 0.3) is 0 Å². The van der Waals surface area contributed by atoms with Crippen LogP contribution in [0.1, 0.15) is 11.1 Å². The van der Waals surface area contributed by atoms with E-state index in [0.29, 0.717) is 5.75 Å².